The minimum Gasteiger partial charge on any atom is -0.554 e. The zero-order valence-corrected chi connectivity index (χ0v) is 16.7. The second-order valence-corrected chi connectivity index (χ2v) is 6.71. The molecule has 0 fully saturated rings. The summed E-state index contributed by atoms with van der Waals surface area (Å²) >= 11 is 0. The van der Waals surface area contributed by atoms with Crippen molar-refractivity contribution in [3.05, 3.63) is 24.5 Å². The Hall–Kier alpha value is -2.77. The molecule has 0 unspecified atom stereocenters. The normalized spacial score (nSPS) is 10.7. The van der Waals surface area contributed by atoms with E-state index >= 15 is 0 Å². The van der Waals surface area contributed by atoms with E-state index in [4.69, 9.17) is 19.4 Å². The molecule has 1 heterocycles. The van der Waals surface area contributed by atoms with E-state index in [0.717, 1.165) is 24.4 Å². The number of amides is 1. The average molecular weight is 379 g/mol. The predicted octanol–water partition coefficient (Wildman–Crippen LogP) is 1.24. The molecule has 0 saturated heterocycles. The Labute approximate surface area is 159 Å². The third-order valence-electron chi connectivity index (χ3n) is 3.56. The molecule has 8 heteroatoms. The summed E-state index contributed by atoms with van der Waals surface area (Å²) in [5.74, 6) is 0.796. The average Bonchev–Trinajstić information content (AvgIpc) is 2.95. The monoisotopic (exact) mass is 379 g/mol. The van der Waals surface area contributed by atoms with Crippen molar-refractivity contribution in [2.75, 3.05) is 13.2 Å². The first-order valence-electron chi connectivity index (χ1n) is 8.93. The van der Waals surface area contributed by atoms with Gasteiger partial charge in [-0.3, -0.25) is 0 Å². The van der Waals surface area contributed by atoms with E-state index in [1.54, 1.807) is 0 Å². The van der Waals surface area contributed by atoms with Gasteiger partial charge >= 0.3 is 6.09 Å². The van der Waals surface area contributed by atoms with Gasteiger partial charge in [0.2, 0.25) is 6.33 Å². The SMILES string of the molecule is CCn1c[n+](CC)c2ccc(OCCNC(=O)OC(C)(C)C)cc21.O=C[O-]. The minimum atomic E-state index is -0.500. The predicted molar refractivity (Wildman–Crippen MR) is 99.3 cm³/mol. The van der Waals surface area contributed by atoms with Crippen LogP contribution in [0.5, 0.6) is 5.75 Å². The number of alkyl carbamates (subject to hydrolysis) is 1. The molecule has 150 valence electrons. The number of hydrogen-bond acceptors (Lipinski definition) is 5. The van der Waals surface area contributed by atoms with Crippen LogP contribution in [0.4, 0.5) is 4.79 Å². The number of nitrogens with one attached hydrogen (secondary N) is 1. The smallest absolute Gasteiger partial charge is 0.407 e. The van der Waals surface area contributed by atoms with Gasteiger partial charge in [0.05, 0.1) is 19.6 Å². The van der Waals surface area contributed by atoms with Crippen molar-refractivity contribution in [2.45, 2.75) is 53.3 Å². The molecule has 0 saturated carbocycles. The molecule has 0 atom stereocenters. The molecule has 0 aliphatic heterocycles. The zero-order chi connectivity index (χ0) is 20.4. The maximum Gasteiger partial charge on any atom is 0.407 e. The second kappa shape index (κ2) is 10.4. The molecule has 1 amide bonds. The van der Waals surface area contributed by atoms with E-state index in [9.17, 15) is 4.79 Å². The van der Waals surface area contributed by atoms with Gasteiger partial charge in [0, 0.05) is 12.5 Å². The lowest BCUT2D eigenvalue weighted by Crippen LogP contribution is -2.34. The molecule has 1 aromatic heterocycles. The highest BCUT2D eigenvalue weighted by Crippen LogP contribution is 2.19. The first kappa shape index (κ1) is 22.3. The number of benzene rings is 1. The van der Waals surface area contributed by atoms with Crippen LogP contribution in [-0.4, -0.2) is 35.9 Å². The number of aromatic nitrogens is 2. The van der Waals surface area contributed by atoms with Crippen LogP contribution >= 0.6 is 0 Å². The Bertz CT molecular complexity index is 750. The highest BCUT2D eigenvalue weighted by Gasteiger charge is 2.16. The van der Waals surface area contributed by atoms with Gasteiger partial charge < -0.3 is 24.7 Å². The Morgan fingerprint density at radius 2 is 2.00 bits per heavy atom. The summed E-state index contributed by atoms with van der Waals surface area (Å²) in [6.45, 7) is 11.9. The van der Waals surface area contributed by atoms with E-state index in [0.29, 0.717) is 13.2 Å². The summed E-state index contributed by atoms with van der Waals surface area (Å²) < 4.78 is 15.3. The summed E-state index contributed by atoms with van der Waals surface area (Å²) in [6.07, 6.45) is 1.70. The molecule has 1 aromatic carbocycles. The van der Waals surface area contributed by atoms with Crippen molar-refractivity contribution in [1.29, 1.82) is 0 Å². The summed E-state index contributed by atoms with van der Waals surface area (Å²) in [4.78, 5) is 19.8. The van der Waals surface area contributed by atoms with Crippen LogP contribution in [0.3, 0.4) is 0 Å². The van der Waals surface area contributed by atoms with Crippen LogP contribution in [0.2, 0.25) is 0 Å². The van der Waals surface area contributed by atoms with E-state index in [1.807, 2.05) is 32.9 Å². The van der Waals surface area contributed by atoms with Crippen molar-refractivity contribution in [1.82, 2.24) is 9.88 Å². The van der Waals surface area contributed by atoms with Crippen molar-refractivity contribution in [3.8, 4) is 5.75 Å². The van der Waals surface area contributed by atoms with E-state index < -0.39 is 18.2 Å². The van der Waals surface area contributed by atoms with Gasteiger partial charge in [-0.1, -0.05) is 0 Å². The van der Waals surface area contributed by atoms with Crippen molar-refractivity contribution >= 4 is 23.6 Å². The Morgan fingerprint density at radius 1 is 1.33 bits per heavy atom. The molecule has 0 aliphatic rings. The highest BCUT2D eigenvalue weighted by atomic mass is 16.6. The first-order valence-corrected chi connectivity index (χ1v) is 8.93. The molecule has 0 bridgehead atoms. The topological polar surface area (TPSA) is 96.5 Å². The number of hydrogen-bond donors (Lipinski definition) is 1. The minimum absolute atomic E-state index is 0.394. The summed E-state index contributed by atoms with van der Waals surface area (Å²) in [5.41, 5.74) is 1.85. The molecular formula is C19H29N3O5. The van der Waals surface area contributed by atoms with Crippen molar-refractivity contribution in [2.24, 2.45) is 0 Å². The van der Waals surface area contributed by atoms with E-state index in [2.05, 4.69) is 40.7 Å². The number of nitrogens with zero attached hydrogens (tertiary/aromatic N) is 2. The molecule has 27 heavy (non-hydrogen) atoms. The molecule has 8 nitrogen and oxygen atoms in total. The van der Waals surface area contributed by atoms with Gasteiger partial charge in [0.25, 0.3) is 0 Å². The van der Waals surface area contributed by atoms with Gasteiger partial charge in [0.15, 0.2) is 11.0 Å². The number of imidazole rings is 1. The lowest BCUT2D eigenvalue weighted by Gasteiger charge is -2.19. The number of ether oxygens (including phenoxy) is 2. The van der Waals surface area contributed by atoms with Gasteiger partial charge in [-0.15, -0.1) is 0 Å². The van der Waals surface area contributed by atoms with Crippen LogP contribution in [0, 0.1) is 0 Å². The fraction of sp³-hybridized carbons (Fsp3) is 0.526. The number of aryl methyl sites for hydroxylation is 2. The number of carbonyl (C=O) groups is 2. The third-order valence-corrected chi connectivity index (χ3v) is 3.56. The number of fused-ring (bicyclic) bond motifs is 1. The number of rotatable bonds is 6. The van der Waals surface area contributed by atoms with Gasteiger partial charge in [-0.2, -0.15) is 0 Å². The highest BCUT2D eigenvalue weighted by molar-refractivity contribution is 5.74. The Kier molecular flexibility index (Phi) is 8.58. The van der Waals surface area contributed by atoms with Gasteiger partial charge in [-0.25, -0.2) is 13.9 Å². The van der Waals surface area contributed by atoms with Crippen LogP contribution < -0.4 is 19.7 Å². The first-order chi connectivity index (χ1) is 12.8. The molecule has 2 rings (SSSR count). The van der Waals surface area contributed by atoms with Crippen molar-refractivity contribution in [3.63, 3.8) is 0 Å². The van der Waals surface area contributed by atoms with Crippen LogP contribution in [0.25, 0.3) is 11.0 Å². The van der Waals surface area contributed by atoms with Crippen molar-refractivity contribution < 1.29 is 28.7 Å². The lowest BCUT2D eigenvalue weighted by atomic mass is 10.2. The van der Waals surface area contributed by atoms with Crippen LogP contribution in [0.15, 0.2) is 24.5 Å². The van der Waals surface area contributed by atoms with Gasteiger partial charge in [-0.05, 0) is 46.8 Å². The fourth-order valence-electron chi connectivity index (χ4n) is 2.50. The summed E-state index contributed by atoms with van der Waals surface area (Å²) in [5, 5.41) is 10.9. The molecule has 0 aliphatic carbocycles. The maximum atomic E-state index is 11.6. The van der Waals surface area contributed by atoms with E-state index in [1.165, 1.54) is 5.52 Å². The maximum absolute atomic E-state index is 11.6. The zero-order valence-electron chi connectivity index (χ0n) is 16.7. The van der Waals surface area contributed by atoms with Crippen LogP contribution in [-0.2, 0) is 22.6 Å². The van der Waals surface area contributed by atoms with Crippen LogP contribution in [0.1, 0.15) is 34.6 Å². The third kappa shape index (κ3) is 7.16. The van der Waals surface area contributed by atoms with E-state index in [-0.39, 0.29) is 0 Å². The van der Waals surface area contributed by atoms with Gasteiger partial charge in [0.1, 0.15) is 18.0 Å². The quantitative estimate of drug-likeness (QED) is 0.463. The largest absolute Gasteiger partial charge is 0.554 e. The summed E-state index contributed by atoms with van der Waals surface area (Å²) in [7, 11) is 0. The lowest BCUT2D eigenvalue weighted by molar-refractivity contribution is -0.668. The summed E-state index contributed by atoms with van der Waals surface area (Å²) in [6, 6.07) is 6.07. The molecule has 2 aromatic rings. The molecule has 0 spiro atoms. The fourth-order valence-corrected chi connectivity index (χ4v) is 2.50. The second-order valence-electron chi connectivity index (χ2n) is 6.71. The number of carbonyl (C=O) groups excluding carboxylic acids is 2. The molecule has 1 N–H and O–H groups in total. The Balaban J connectivity index is 0.00000114. The molecular weight excluding hydrogens is 350 g/mol. The standard InChI is InChI=1S/C18H27N3O3.CH2O2/c1-6-20-13-21(7-2)16-12-14(8-9-15(16)20)23-11-10-19-17(22)24-18(3,4)5;2-1-3/h8-9,12-13H,6-7,10-11H2,1-5H3;1H,(H,2,3). The Morgan fingerprint density at radius 3 is 2.56 bits per heavy atom. The molecule has 0 radical (unpaired) electrons. The number of carboxylic acid groups (broad SMARTS) is 1.